The van der Waals surface area contributed by atoms with E-state index in [-0.39, 0.29) is 6.04 Å². The van der Waals surface area contributed by atoms with Crippen LogP contribution in [0.3, 0.4) is 0 Å². The Kier molecular flexibility index (Phi) is 5.20. The lowest BCUT2D eigenvalue weighted by atomic mass is 10.1. The highest BCUT2D eigenvalue weighted by Crippen LogP contribution is 2.29. The van der Waals surface area contributed by atoms with Crippen LogP contribution >= 0.6 is 15.9 Å². The third-order valence-electron chi connectivity index (χ3n) is 3.09. The molecule has 1 aromatic heterocycles. The average molecular weight is 338 g/mol. The standard InChI is InChI=1S/C15H20BrN3O/c1-11(17)10-13-4-3-5-14(16)15(13)20-9-8-19-7-6-18-12(19)2/h3-7,11H,8-10,17H2,1-2H3. The van der Waals surface area contributed by atoms with Crippen LogP contribution in [-0.4, -0.2) is 22.2 Å². The SMILES string of the molecule is Cc1nccn1CCOc1c(Br)cccc1CC(C)N. The zero-order valence-electron chi connectivity index (χ0n) is 11.8. The molecular weight excluding hydrogens is 318 g/mol. The van der Waals surface area contributed by atoms with Gasteiger partial charge < -0.3 is 15.0 Å². The van der Waals surface area contributed by atoms with E-state index in [0.717, 1.165) is 34.6 Å². The summed E-state index contributed by atoms with van der Waals surface area (Å²) in [6.45, 7) is 5.37. The van der Waals surface area contributed by atoms with Crippen molar-refractivity contribution in [3.05, 3.63) is 46.5 Å². The molecule has 4 nitrogen and oxygen atoms in total. The molecule has 0 amide bonds. The molecule has 1 unspecified atom stereocenters. The minimum Gasteiger partial charge on any atom is -0.490 e. The third-order valence-corrected chi connectivity index (χ3v) is 3.72. The van der Waals surface area contributed by atoms with Gasteiger partial charge >= 0.3 is 0 Å². The zero-order valence-corrected chi connectivity index (χ0v) is 13.4. The Morgan fingerprint density at radius 3 is 2.90 bits per heavy atom. The molecule has 2 aromatic rings. The van der Waals surface area contributed by atoms with Crippen LogP contribution in [0.15, 0.2) is 35.1 Å². The molecule has 0 bridgehead atoms. The van der Waals surface area contributed by atoms with E-state index in [0.29, 0.717) is 6.61 Å². The number of para-hydroxylation sites is 1. The van der Waals surface area contributed by atoms with Crippen molar-refractivity contribution < 1.29 is 4.74 Å². The number of benzene rings is 1. The van der Waals surface area contributed by atoms with Gasteiger partial charge in [-0.3, -0.25) is 0 Å². The van der Waals surface area contributed by atoms with Gasteiger partial charge in [0.15, 0.2) is 0 Å². The first-order valence-electron chi connectivity index (χ1n) is 6.71. The van der Waals surface area contributed by atoms with E-state index in [1.54, 1.807) is 6.20 Å². The maximum atomic E-state index is 5.95. The molecule has 20 heavy (non-hydrogen) atoms. The Hall–Kier alpha value is -1.33. The van der Waals surface area contributed by atoms with E-state index in [1.165, 1.54) is 0 Å². The second kappa shape index (κ2) is 6.90. The lowest BCUT2D eigenvalue weighted by Gasteiger charge is -2.15. The van der Waals surface area contributed by atoms with Crippen molar-refractivity contribution in [3.63, 3.8) is 0 Å². The highest BCUT2D eigenvalue weighted by molar-refractivity contribution is 9.10. The number of aromatic nitrogens is 2. The molecule has 0 spiro atoms. The number of nitrogens with two attached hydrogens (primary N) is 1. The van der Waals surface area contributed by atoms with Gasteiger partial charge in [-0.15, -0.1) is 0 Å². The van der Waals surface area contributed by atoms with Gasteiger partial charge in [0.1, 0.15) is 18.2 Å². The largest absolute Gasteiger partial charge is 0.490 e. The lowest BCUT2D eigenvalue weighted by Crippen LogP contribution is -2.19. The number of aryl methyl sites for hydroxylation is 1. The van der Waals surface area contributed by atoms with Crippen molar-refractivity contribution in [1.29, 1.82) is 0 Å². The minimum absolute atomic E-state index is 0.113. The van der Waals surface area contributed by atoms with Crippen LogP contribution in [0.1, 0.15) is 18.3 Å². The topological polar surface area (TPSA) is 53.1 Å². The Bertz CT molecular complexity index is 566. The van der Waals surface area contributed by atoms with E-state index >= 15 is 0 Å². The van der Waals surface area contributed by atoms with E-state index in [4.69, 9.17) is 10.5 Å². The summed E-state index contributed by atoms with van der Waals surface area (Å²) in [6.07, 6.45) is 4.57. The van der Waals surface area contributed by atoms with Crippen molar-refractivity contribution in [1.82, 2.24) is 9.55 Å². The van der Waals surface area contributed by atoms with Crippen LogP contribution in [-0.2, 0) is 13.0 Å². The number of rotatable bonds is 6. The molecule has 0 fully saturated rings. The molecule has 1 heterocycles. The zero-order chi connectivity index (χ0) is 14.5. The average Bonchev–Trinajstić information content (AvgIpc) is 2.78. The number of imidazole rings is 1. The number of halogens is 1. The summed E-state index contributed by atoms with van der Waals surface area (Å²) in [4.78, 5) is 4.20. The highest BCUT2D eigenvalue weighted by Gasteiger charge is 2.10. The van der Waals surface area contributed by atoms with Gasteiger partial charge in [0.25, 0.3) is 0 Å². The molecule has 0 aliphatic rings. The van der Waals surface area contributed by atoms with Crippen LogP contribution in [0.5, 0.6) is 5.75 Å². The molecule has 1 atom stereocenters. The van der Waals surface area contributed by atoms with Crippen molar-refractivity contribution in [3.8, 4) is 5.75 Å². The summed E-state index contributed by atoms with van der Waals surface area (Å²) in [7, 11) is 0. The summed E-state index contributed by atoms with van der Waals surface area (Å²) in [5.74, 6) is 1.89. The quantitative estimate of drug-likeness (QED) is 0.881. The summed E-state index contributed by atoms with van der Waals surface area (Å²) >= 11 is 3.55. The van der Waals surface area contributed by atoms with E-state index in [2.05, 4.69) is 31.5 Å². The lowest BCUT2D eigenvalue weighted by molar-refractivity contribution is 0.292. The second-order valence-electron chi connectivity index (χ2n) is 4.93. The first-order chi connectivity index (χ1) is 9.58. The van der Waals surface area contributed by atoms with Crippen molar-refractivity contribution in [2.24, 2.45) is 5.73 Å². The highest BCUT2D eigenvalue weighted by atomic mass is 79.9. The monoisotopic (exact) mass is 337 g/mol. The Labute approximate surface area is 128 Å². The van der Waals surface area contributed by atoms with Crippen LogP contribution < -0.4 is 10.5 Å². The fourth-order valence-corrected chi connectivity index (χ4v) is 2.63. The Balaban J connectivity index is 2.03. The number of hydrogen-bond acceptors (Lipinski definition) is 3. The van der Waals surface area contributed by atoms with E-state index in [9.17, 15) is 0 Å². The number of ether oxygens (including phenoxy) is 1. The van der Waals surface area contributed by atoms with Crippen LogP contribution in [0, 0.1) is 6.92 Å². The van der Waals surface area contributed by atoms with Gasteiger partial charge in [-0.2, -0.15) is 0 Å². The summed E-state index contributed by atoms with van der Waals surface area (Å²) in [6, 6.07) is 6.17. The molecule has 0 saturated carbocycles. The van der Waals surface area contributed by atoms with Crippen molar-refractivity contribution in [2.75, 3.05) is 6.61 Å². The molecule has 0 radical (unpaired) electrons. The molecule has 2 N–H and O–H groups in total. The predicted octanol–water partition coefficient (Wildman–Crippen LogP) is 2.92. The van der Waals surface area contributed by atoms with Gasteiger partial charge in [-0.05, 0) is 47.8 Å². The summed E-state index contributed by atoms with van der Waals surface area (Å²) < 4.78 is 8.99. The third kappa shape index (κ3) is 3.84. The summed E-state index contributed by atoms with van der Waals surface area (Å²) in [5, 5.41) is 0. The second-order valence-corrected chi connectivity index (χ2v) is 5.78. The van der Waals surface area contributed by atoms with Crippen molar-refractivity contribution in [2.45, 2.75) is 32.9 Å². The fraction of sp³-hybridized carbons (Fsp3) is 0.400. The maximum Gasteiger partial charge on any atom is 0.136 e. The molecule has 0 aliphatic carbocycles. The predicted molar refractivity (Wildman–Crippen MR) is 84.0 cm³/mol. The van der Waals surface area contributed by atoms with Crippen LogP contribution in [0.2, 0.25) is 0 Å². The smallest absolute Gasteiger partial charge is 0.136 e. The van der Waals surface area contributed by atoms with Gasteiger partial charge in [-0.25, -0.2) is 4.98 Å². The molecule has 0 saturated heterocycles. The van der Waals surface area contributed by atoms with Crippen LogP contribution in [0.25, 0.3) is 0 Å². The number of hydrogen-bond donors (Lipinski definition) is 1. The maximum absolute atomic E-state index is 5.95. The van der Waals surface area contributed by atoms with Gasteiger partial charge in [0, 0.05) is 18.4 Å². The summed E-state index contributed by atoms with van der Waals surface area (Å²) in [5.41, 5.74) is 7.02. The molecule has 0 aliphatic heterocycles. The Morgan fingerprint density at radius 2 is 2.25 bits per heavy atom. The normalized spacial score (nSPS) is 12.4. The molecular formula is C15H20BrN3O. The first kappa shape index (κ1) is 15.1. The fourth-order valence-electron chi connectivity index (χ4n) is 2.11. The molecule has 1 aromatic carbocycles. The molecule has 2 rings (SSSR count). The Morgan fingerprint density at radius 1 is 1.45 bits per heavy atom. The first-order valence-corrected chi connectivity index (χ1v) is 7.50. The van der Waals surface area contributed by atoms with Gasteiger partial charge in [0.2, 0.25) is 0 Å². The molecule has 108 valence electrons. The van der Waals surface area contributed by atoms with E-state index in [1.807, 2.05) is 32.2 Å². The minimum atomic E-state index is 0.113. The number of nitrogens with zero attached hydrogens (tertiary/aromatic N) is 2. The van der Waals surface area contributed by atoms with Crippen LogP contribution in [0.4, 0.5) is 0 Å². The van der Waals surface area contributed by atoms with Crippen molar-refractivity contribution >= 4 is 15.9 Å². The van der Waals surface area contributed by atoms with E-state index < -0.39 is 0 Å². The van der Waals surface area contributed by atoms with Gasteiger partial charge in [0.05, 0.1) is 11.0 Å². The molecule has 5 heteroatoms. The van der Waals surface area contributed by atoms with Gasteiger partial charge in [-0.1, -0.05) is 12.1 Å².